The summed E-state index contributed by atoms with van der Waals surface area (Å²) in [5, 5.41) is 12.7. The second kappa shape index (κ2) is 8.84. The van der Waals surface area contributed by atoms with Gasteiger partial charge in [-0.2, -0.15) is 0 Å². The molecule has 0 bridgehead atoms. The van der Waals surface area contributed by atoms with Gasteiger partial charge in [-0.15, -0.1) is 0 Å². The van der Waals surface area contributed by atoms with Crippen LogP contribution < -0.4 is 5.32 Å². The molecule has 9 heteroatoms. The van der Waals surface area contributed by atoms with E-state index in [2.05, 4.69) is 5.32 Å². The average molecular weight is 427 g/mol. The lowest BCUT2D eigenvalue weighted by Crippen LogP contribution is -2.52. The number of likely N-dealkylation sites (tertiary alicyclic amines) is 1. The minimum atomic E-state index is -1.81. The first-order chi connectivity index (χ1) is 13.8. The molecule has 1 fully saturated rings. The van der Waals surface area contributed by atoms with Crippen molar-refractivity contribution in [3.63, 3.8) is 0 Å². The Hall–Kier alpha value is -2.58. The van der Waals surface area contributed by atoms with Gasteiger partial charge in [0.15, 0.2) is 6.10 Å². The van der Waals surface area contributed by atoms with Crippen molar-refractivity contribution in [3.8, 4) is 0 Å². The first-order valence-corrected chi connectivity index (χ1v) is 9.30. The molecule has 2 aromatic carbocycles. The summed E-state index contributed by atoms with van der Waals surface area (Å²) in [6.07, 6.45) is -0.960. The molecule has 1 aliphatic heterocycles. The summed E-state index contributed by atoms with van der Waals surface area (Å²) < 4.78 is 40.8. The third kappa shape index (κ3) is 4.89. The summed E-state index contributed by atoms with van der Waals surface area (Å²) >= 11 is 5.66. The molecule has 154 valence electrons. The number of halogens is 4. The number of hydrogen-bond acceptors (Lipinski definition) is 3. The fourth-order valence-corrected chi connectivity index (χ4v) is 3.36. The fourth-order valence-electron chi connectivity index (χ4n) is 3.20. The van der Waals surface area contributed by atoms with Gasteiger partial charge in [-0.1, -0.05) is 23.7 Å². The zero-order valence-corrected chi connectivity index (χ0v) is 15.9. The van der Waals surface area contributed by atoms with Gasteiger partial charge in [0.2, 0.25) is 5.91 Å². The van der Waals surface area contributed by atoms with Crippen LogP contribution in [0.25, 0.3) is 0 Å². The molecule has 3 rings (SSSR count). The molecule has 0 radical (unpaired) electrons. The lowest BCUT2D eigenvalue weighted by atomic mass is 10.0. The van der Waals surface area contributed by atoms with E-state index in [0.717, 1.165) is 18.2 Å². The van der Waals surface area contributed by atoms with Gasteiger partial charge in [-0.05, 0) is 31.0 Å². The first-order valence-electron chi connectivity index (χ1n) is 8.92. The number of carbonyl (C=O) groups is 2. The number of hydrogen-bond donors (Lipinski definition) is 2. The van der Waals surface area contributed by atoms with Crippen LogP contribution in [0.2, 0.25) is 5.02 Å². The van der Waals surface area contributed by atoms with Crippen LogP contribution in [0.15, 0.2) is 36.4 Å². The van der Waals surface area contributed by atoms with Crippen molar-refractivity contribution in [1.82, 2.24) is 10.2 Å². The smallest absolute Gasteiger partial charge is 0.254 e. The number of nitrogens with zero attached hydrogens (tertiary/aromatic N) is 1. The lowest BCUT2D eigenvalue weighted by Gasteiger charge is -2.33. The Bertz CT molecular complexity index is 941. The Labute approximate surface area is 170 Å². The van der Waals surface area contributed by atoms with E-state index in [1.165, 1.54) is 23.1 Å². The van der Waals surface area contributed by atoms with E-state index < -0.39 is 41.4 Å². The summed E-state index contributed by atoms with van der Waals surface area (Å²) in [4.78, 5) is 26.3. The molecule has 1 heterocycles. The highest BCUT2D eigenvalue weighted by atomic mass is 35.5. The van der Waals surface area contributed by atoms with Crippen LogP contribution in [-0.4, -0.2) is 34.4 Å². The molecule has 2 N–H and O–H groups in total. The molecule has 0 aliphatic carbocycles. The SMILES string of the molecule is O=C(N[C@@H]1CCCN(Cc2ccc(F)cc2F)C1=O)[C@H](O)c1ccc(Cl)cc1F. The molecule has 2 atom stereocenters. The summed E-state index contributed by atoms with van der Waals surface area (Å²) in [5.74, 6) is -3.72. The van der Waals surface area contributed by atoms with Crippen molar-refractivity contribution < 1.29 is 27.9 Å². The molecule has 2 aromatic rings. The van der Waals surface area contributed by atoms with Crippen LogP contribution in [-0.2, 0) is 16.1 Å². The van der Waals surface area contributed by atoms with Crippen LogP contribution in [0.3, 0.4) is 0 Å². The zero-order valence-electron chi connectivity index (χ0n) is 15.2. The highest BCUT2D eigenvalue weighted by Crippen LogP contribution is 2.22. The van der Waals surface area contributed by atoms with Crippen molar-refractivity contribution >= 4 is 23.4 Å². The number of piperidine rings is 1. The molecule has 0 aromatic heterocycles. The number of nitrogens with one attached hydrogen (secondary N) is 1. The van der Waals surface area contributed by atoms with Crippen molar-refractivity contribution in [2.75, 3.05) is 6.54 Å². The van der Waals surface area contributed by atoms with Crippen LogP contribution in [0.1, 0.15) is 30.1 Å². The number of amides is 2. The monoisotopic (exact) mass is 426 g/mol. The molecule has 29 heavy (non-hydrogen) atoms. The third-order valence-electron chi connectivity index (χ3n) is 4.73. The van der Waals surface area contributed by atoms with Gasteiger partial charge in [0.05, 0.1) is 0 Å². The maximum Gasteiger partial charge on any atom is 0.254 e. The number of benzene rings is 2. The molecule has 1 saturated heterocycles. The number of aliphatic hydroxyl groups excluding tert-OH is 1. The number of rotatable bonds is 5. The van der Waals surface area contributed by atoms with E-state index in [-0.39, 0.29) is 22.7 Å². The Kier molecular flexibility index (Phi) is 6.44. The molecule has 0 spiro atoms. The van der Waals surface area contributed by atoms with Gasteiger partial charge in [-0.3, -0.25) is 9.59 Å². The summed E-state index contributed by atoms with van der Waals surface area (Å²) in [7, 11) is 0. The number of carbonyl (C=O) groups excluding carboxylic acids is 2. The predicted octanol–water partition coefficient (Wildman–Crippen LogP) is 3.10. The molecule has 0 saturated carbocycles. The summed E-state index contributed by atoms with van der Waals surface area (Å²) in [5.41, 5.74) is -0.115. The largest absolute Gasteiger partial charge is 0.378 e. The van der Waals surface area contributed by atoms with E-state index in [1.54, 1.807) is 0 Å². The fraction of sp³-hybridized carbons (Fsp3) is 0.300. The lowest BCUT2D eigenvalue weighted by molar-refractivity contribution is -0.141. The Morgan fingerprint density at radius 3 is 2.66 bits per heavy atom. The predicted molar refractivity (Wildman–Crippen MR) is 99.3 cm³/mol. The van der Waals surface area contributed by atoms with Crippen LogP contribution in [0, 0.1) is 17.5 Å². The third-order valence-corrected chi connectivity index (χ3v) is 4.96. The maximum atomic E-state index is 13.9. The normalized spacial score (nSPS) is 17.9. The zero-order chi connectivity index (χ0) is 21.1. The van der Waals surface area contributed by atoms with Gasteiger partial charge in [0, 0.05) is 35.3 Å². The van der Waals surface area contributed by atoms with E-state index in [0.29, 0.717) is 19.4 Å². The van der Waals surface area contributed by atoms with Gasteiger partial charge >= 0.3 is 0 Å². The number of aliphatic hydroxyl groups is 1. The molecule has 2 amide bonds. The second-order valence-corrected chi connectivity index (χ2v) is 7.20. The maximum absolute atomic E-state index is 13.9. The topological polar surface area (TPSA) is 69.6 Å². The second-order valence-electron chi connectivity index (χ2n) is 6.77. The van der Waals surface area contributed by atoms with E-state index in [1.807, 2.05) is 0 Å². The molecule has 1 aliphatic rings. The minimum Gasteiger partial charge on any atom is -0.378 e. The van der Waals surface area contributed by atoms with Crippen molar-refractivity contribution in [1.29, 1.82) is 0 Å². The standard InChI is InChI=1S/C20H18ClF3N2O3/c21-12-4-6-14(16(24)8-12)18(27)19(28)25-17-2-1-7-26(20(17)29)10-11-3-5-13(22)9-15(11)23/h3-6,8-9,17-18,27H,1-2,7,10H2,(H,25,28)/t17-,18-/m1/s1. The Morgan fingerprint density at radius 1 is 1.21 bits per heavy atom. The molecular formula is C20H18ClF3N2O3. The van der Waals surface area contributed by atoms with Gasteiger partial charge in [0.25, 0.3) is 5.91 Å². The van der Waals surface area contributed by atoms with Gasteiger partial charge < -0.3 is 15.3 Å². The average Bonchev–Trinajstić information content (AvgIpc) is 2.66. The minimum absolute atomic E-state index is 0.0777. The van der Waals surface area contributed by atoms with Crippen LogP contribution >= 0.6 is 11.6 Å². The molecule has 0 unspecified atom stereocenters. The molecule has 5 nitrogen and oxygen atoms in total. The van der Waals surface area contributed by atoms with E-state index in [4.69, 9.17) is 11.6 Å². The van der Waals surface area contributed by atoms with Crippen molar-refractivity contribution in [2.45, 2.75) is 31.5 Å². The quantitative estimate of drug-likeness (QED) is 0.772. The first kappa shape index (κ1) is 21.1. The highest BCUT2D eigenvalue weighted by Gasteiger charge is 2.32. The van der Waals surface area contributed by atoms with E-state index in [9.17, 15) is 27.9 Å². The highest BCUT2D eigenvalue weighted by molar-refractivity contribution is 6.30. The van der Waals surface area contributed by atoms with E-state index >= 15 is 0 Å². The summed E-state index contributed by atoms with van der Waals surface area (Å²) in [6, 6.07) is 5.65. The van der Waals surface area contributed by atoms with Gasteiger partial charge in [0.1, 0.15) is 23.5 Å². The molecular weight excluding hydrogens is 409 g/mol. The van der Waals surface area contributed by atoms with Crippen molar-refractivity contribution in [3.05, 3.63) is 70.0 Å². The Balaban J connectivity index is 1.67. The van der Waals surface area contributed by atoms with Gasteiger partial charge in [-0.25, -0.2) is 13.2 Å². The van der Waals surface area contributed by atoms with Crippen LogP contribution in [0.4, 0.5) is 13.2 Å². The Morgan fingerprint density at radius 2 is 1.97 bits per heavy atom. The van der Waals surface area contributed by atoms with Crippen LogP contribution in [0.5, 0.6) is 0 Å². The summed E-state index contributed by atoms with van der Waals surface area (Å²) in [6.45, 7) is 0.266. The van der Waals surface area contributed by atoms with Crippen molar-refractivity contribution in [2.24, 2.45) is 0 Å².